The van der Waals surface area contributed by atoms with Crippen LogP contribution in [0.1, 0.15) is 12.7 Å². The van der Waals surface area contributed by atoms with Crippen molar-refractivity contribution in [1.29, 1.82) is 0 Å². The van der Waals surface area contributed by atoms with E-state index in [1.807, 2.05) is 0 Å². The van der Waals surface area contributed by atoms with E-state index in [9.17, 15) is 9.59 Å². The van der Waals surface area contributed by atoms with Crippen molar-refractivity contribution in [3.05, 3.63) is 45.6 Å². The number of halogens is 1. The van der Waals surface area contributed by atoms with Gasteiger partial charge in [0.2, 0.25) is 0 Å². The van der Waals surface area contributed by atoms with Gasteiger partial charge in [0.25, 0.3) is 0 Å². The summed E-state index contributed by atoms with van der Waals surface area (Å²) in [5.41, 5.74) is 0.344. The molecule has 0 saturated carbocycles. The predicted molar refractivity (Wildman–Crippen MR) is 70.6 cm³/mol. The molecule has 2 aromatic rings. The Kier molecular flexibility index (Phi) is 2.67. The van der Waals surface area contributed by atoms with Gasteiger partial charge in [0.05, 0.1) is 6.54 Å². The van der Waals surface area contributed by atoms with Gasteiger partial charge >= 0.3 is 11.7 Å². The van der Waals surface area contributed by atoms with Crippen LogP contribution in [0.5, 0.6) is 0 Å². The van der Waals surface area contributed by atoms with E-state index < -0.39 is 0 Å². The van der Waals surface area contributed by atoms with Crippen molar-refractivity contribution < 1.29 is 4.79 Å². The van der Waals surface area contributed by atoms with Crippen molar-refractivity contribution >= 4 is 23.3 Å². The number of amides is 1. The molecule has 7 heteroatoms. The minimum atomic E-state index is -0.387. The maximum absolute atomic E-state index is 12.3. The molecule has 0 bridgehead atoms. The number of carbonyl (C=O) groups excluding carboxylic acids is 1. The third kappa shape index (κ3) is 1.76. The van der Waals surface area contributed by atoms with Gasteiger partial charge in [0.15, 0.2) is 5.82 Å². The highest BCUT2D eigenvalue weighted by atomic mass is 35.5. The van der Waals surface area contributed by atoms with Crippen LogP contribution in [0.25, 0.3) is 0 Å². The maximum Gasteiger partial charge on any atom is 0.364 e. The predicted octanol–water partition coefficient (Wildman–Crippen LogP) is 1.71. The molecule has 2 heterocycles. The van der Waals surface area contributed by atoms with Gasteiger partial charge in [-0.25, -0.2) is 14.3 Å². The molecule has 1 aliphatic rings. The minimum absolute atomic E-state index is 0.270. The molecule has 6 nitrogen and oxygen atoms in total. The molecular weight excluding hydrogens is 268 g/mol. The quantitative estimate of drug-likeness (QED) is 0.840. The third-order valence-electron chi connectivity index (χ3n) is 3.08. The molecule has 0 aliphatic carbocycles. The largest absolute Gasteiger partial charge is 0.364 e. The Morgan fingerprint density at radius 1 is 1.26 bits per heavy atom. The second-order valence-corrected chi connectivity index (χ2v) is 4.62. The summed E-state index contributed by atoms with van der Waals surface area (Å²) in [6, 6.07) is 6.70. The Morgan fingerprint density at radius 3 is 2.58 bits per heavy atom. The standard InChI is InChI=1S/C12H11ClN4O2/c1-2-16-11(18)14-10-7-15(12(19)17(10)16)9-5-3-8(13)4-6-9/h3-6H,2,7H2,1H3. The van der Waals surface area contributed by atoms with Gasteiger partial charge in [0.1, 0.15) is 0 Å². The number of nitrogens with zero attached hydrogens (tertiary/aromatic N) is 4. The molecule has 19 heavy (non-hydrogen) atoms. The lowest BCUT2D eigenvalue weighted by Gasteiger charge is -2.15. The van der Waals surface area contributed by atoms with E-state index in [0.29, 0.717) is 23.9 Å². The molecule has 1 aromatic heterocycles. The van der Waals surface area contributed by atoms with Crippen LogP contribution in [0.3, 0.4) is 0 Å². The van der Waals surface area contributed by atoms with Crippen LogP contribution >= 0.6 is 11.6 Å². The van der Waals surface area contributed by atoms with Crippen molar-refractivity contribution in [2.45, 2.75) is 20.0 Å². The molecule has 0 spiro atoms. The first-order valence-corrected chi connectivity index (χ1v) is 6.25. The van der Waals surface area contributed by atoms with Gasteiger partial charge in [-0.3, -0.25) is 4.90 Å². The van der Waals surface area contributed by atoms with Gasteiger partial charge in [-0.15, -0.1) is 0 Å². The molecule has 1 aliphatic heterocycles. The van der Waals surface area contributed by atoms with Crippen LogP contribution in [-0.4, -0.2) is 20.4 Å². The zero-order valence-corrected chi connectivity index (χ0v) is 11.0. The van der Waals surface area contributed by atoms with Gasteiger partial charge in [-0.05, 0) is 31.2 Å². The third-order valence-corrected chi connectivity index (χ3v) is 3.33. The van der Waals surface area contributed by atoms with Crippen molar-refractivity contribution in [3.63, 3.8) is 0 Å². The SMILES string of the molecule is CCn1c(=O)nc2n1C(=O)N(c1ccc(Cl)cc1)C2. The van der Waals surface area contributed by atoms with Crippen LogP contribution in [0.15, 0.2) is 29.1 Å². The molecule has 0 unspecified atom stereocenters. The molecular formula is C12H11ClN4O2. The number of aromatic nitrogens is 3. The lowest BCUT2D eigenvalue weighted by molar-refractivity contribution is 0.244. The van der Waals surface area contributed by atoms with Gasteiger partial charge in [-0.1, -0.05) is 11.6 Å². The Balaban J connectivity index is 2.02. The minimum Gasteiger partial charge on any atom is -0.285 e. The van der Waals surface area contributed by atoms with Crippen LogP contribution in [0, 0.1) is 0 Å². The Bertz CT molecular complexity index is 702. The number of hydrogen-bond donors (Lipinski definition) is 0. The Morgan fingerprint density at radius 2 is 1.95 bits per heavy atom. The summed E-state index contributed by atoms with van der Waals surface area (Å²) < 4.78 is 2.66. The molecule has 0 N–H and O–H groups in total. The van der Waals surface area contributed by atoms with Crippen molar-refractivity contribution in [2.24, 2.45) is 0 Å². The Hall–Kier alpha value is -2.08. The van der Waals surface area contributed by atoms with Crippen LogP contribution < -0.4 is 10.6 Å². The van der Waals surface area contributed by atoms with E-state index in [-0.39, 0.29) is 11.7 Å². The molecule has 0 fully saturated rings. The van der Waals surface area contributed by atoms with Gasteiger partial charge < -0.3 is 0 Å². The zero-order valence-electron chi connectivity index (χ0n) is 10.2. The fraction of sp³-hybridized carbons (Fsp3) is 0.250. The summed E-state index contributed by atoms with van der Waals surface area (Å²) in [5.74, 6) is 0.465. The smallest absolute Gasteiger partial charge is 0.285 e. The summed E-state index contributed by atoms with van der Waals surface area (Å²) in [5, 5.41) is 0.610. The van der Waals surface area contributed by atoms with E-state index in [4.69, 9.17) is 11.6 Å². The van der Waals surface area contributed by atoms with Crippen LogP contribution in [-0.2, 0) is 13.1 Å². The summed E-state index contributed by atoms with van der Waals surface area (Å²) in [7, 11) is 0. The average Bonchev–Trinajstić information content (AvgIpc) is 2.87. The van der Waals surface area contributed by atoms with E-state index >= 15 is 0 Å². The molecule has 0 saturated heterocycles. The topological polar surface area (TPSA) is 60.1 Å². The Labute approximate surface area is 113 Å². The molecule has 0 radical (unpaired) electrons. The van der Waals surface area contributed by atoms with Crippen molar-refractivity contribution in [2.75, 3.05) is 4.90 Å². The van der Waals surface area contributed by atoms with Crippen molar-refractivity contribution in [1.82, 2.24) is 14.3 Å². The molecule has 1 amide bonds. The normalized spacial score (nSPS) is 14.0. The average molecular weight is 279 g/mol. The molecule has 0 atom stereocenters. The van der Waals surface area contributed by atoms with E-state index in [1.165, 1.54) is 9.36 Å². The lowest BCUT2D eigenvalue weighted by atomic mass is 10.3. The number of benzene rings is 1. The first-order valence-electron chi connectivity index (χ1n) is 5.88. The molecule has 98 valence electrons. The highest BCUT2D eigenvalue weighted by Gasteiger charge is 2.32. The lowest BCUT2D eigenvalue weighted by Crippen LogP contribution is -2.33. The number of hydrogen-bond acceptors (Lipinski definition) is 3. The highest BCUT2D eigenvalue weighted by molar-refractivity contribution is 6.30. The monoisotopic (exact) mass is 278 g/mol. The fourth-order valence-electron chi connectivity index (χ4n) is 2.18. The number of anilines is 1. The van der Waals surface area contributed by atoms with Crippen LogP contribution in [0.2, 0.25) is 5.02 Å². The summed E-state index contributed by atoms with van der Waals surface area (Å²) in [4.78, 5) is 29.3. The van der Waals surface area contributed by atoms with Gasteiger partial charge in [0, 0.05) is 17.3 Å². The number of rotatable bonds is 2. The summed E-state index contributed by atoms with van der Waals surface area (Å²) in [6.45, 7) is 2.50. The maximum atomic E-state index is 12.3. The summed E-state index contributed by atoms with van der Waals surface area (Å²) >= 11 is 5.82. The van der Waals surface area contributed by atoms with Crippen LogP contribution in [0.4, 0.5) is 10.5 Å². The molecule has 3 rings (SSSR count). The van der Waals surface area contributed by atoms with E-state index in [0.717, 1.165) is 5.69 Å². The second-order valence-electron chi connectivity index (χ2n) is 4.18. The van der Waals surface area contributed by atoms with Gasteiger partial charge in [-0.2, -0.15) is 9.67 Å². The number of fused-ring (bicyclic) bond motifs is 1. The first kappa shape index (κ1) is 12.0. The van der Waals surface area contributed by atoms with Crippen molar-refractivity contribution in [3.8, 4) is 0 Å². The second kappa shape index (κ2) is 4.24. The number of carbonyl (C=O) groups is 1. The fourth-order valence-corrected chi connectivity index (χ4v) is 2.31. The first-order chi connectivity index (χ1) is 9.11. The highest BCUT2D eigenvalue weighted by Crippen LogP contribution is 2.24. The van der Waals surface area contributed by atoms with E-state index in [1.54, 1.807) is 36.1 Å². The summed E-state index contributed by atoms with van der Waals surface area (Å²) in [6.07, 6.45) is 0. The van der Waals surface area contributed by atoms with E-state index in [2.05, 4.69) is 4.98 Å². The molecule has 1 aromatic carbocycles. The zero-order chi connectivity index (χ0) is 13.6.